The van der Waals surface area contributed by atoms with E-state index in [0.717, 1.165) is 45.1 Å². The van der Waals surface area contributed by atoms with Gasteiger partial charge in [0.1, 0.15) is 6.04 Å². The van der Waals surface area contributed by atoms with Gasteiger partial charge in [0.2, 0.25) is 0 Å². The van der Waals surface area contributed by atoms with Crippen LogP contribution < -0.4 is 5.32 Å². The molecule has 4 heteroatoms. The zero-order chi connectivity index (χ0) is 11.9. The van der Waals surface area contributed by atoms with Crippen LogP contribution in [0, 0.1) is 5.92 Å². The van der Waals surface area contributed by atoms with Crippen molar-refractivity contribution in [2.24, 2.45) is 5.92 Å². The maximum atomic E-state index is 11.2. The molecule has 4 nitrogen and oxygen atoms in total. The van der Waals surface area contributed by atoms with E-state index in [-0.39, 0.29) is 11.6 Å². The molecule has 2 saturated carbocycles. The van der Waals surface area contributed by atoms with Gasteiger partial charge in [-0.25, -0.2) is 0 Å². The van der Waals surface area contributed by atoms with E-state index in [1.54, 1.807) is 0 Å². The van der Waals surface area contributed by atoms with Crippen LogP contribution in [0.1, 0.15) is 44.9 Å². The van der Waals surface area contributed by atoms with Gasteiger partial charge in [0, 0.05) is 12.6 Å². The van der Waals surface area contributed by atoms with Gasteiger partial charge in [-0.2, -0.15) is 0 Å². The van der Waals surface area contributed by atoms with Crippen LogP contribution in [0.5, 0.6) is 0 Å². The molecule has 2 aliphatic carbocycles. The minimum atomic E-state index is -0.679. The molecule has 1 saturated heterocycles. The van der Waals surface area contributed by atoms with Crippen LogP contribution in [0.2, 0.25) is 0 Å². The van der Waals surface area contributed by atoms with Gasteiger partial charge >= 0.3 is 5.97 Å². The molecule has 0 amide bonds. The van der Waals surface area contributed by atoms with E-state index in [2.05, 4.69) is 5.32 Å². The van der Waals surface area contributed by atoms with Crippen LogP contribution in [0.25, 0.3) is 0 Å². The summed E-state index contributed by atoms with van der Waals surface area (Å²) in [5.74, 6) is -0.311. The van der Waals surface area contributed by atoms with Gasteiger partial charge in [-0.1, -0.05) is 0 Å². The molecule has 0 aromatic carbocycles. The summed E-state index contributed by atoms with van der Waals surface area (Å²) < 4.78 is 5.86. The van der Waals surface area contributed by atoms with Crippen molar-refractivity contribution >= 4 is 5.97 Å². The number of ether oxygens (including phenoxy) is 1. The van der Waals surface area contributed by atoms with E-state index >= 15 is 0 Å². The van der Waals surface area contributed by atoms with E-state index in [9.17, 15) is 9.90 Å². The van der Waals surface area contributed by atoms with Crippen LogP contribution in [-0.4, -0.2) is 35.4 Å². The van der Waals surface area contributed by atoms with E-state index in [1.807, 2.05) is 0 Å². The summed E-state index contributed by atoms with van der Waals surface area (Å²) in [6.45, 7) is 0.786. The number of aliphatic carboxylic acids is 1. The quantitative estimate of drug-likeness (QED) is 0.781. The number of carboxylic acid groups (broad SMARTS) is 1. The van der Waals surface area contributed by atoms with Crippen LogP contribution in [0.15, 0.2) is 0 Å². The lowest BCUT2D eigenvalue weighted by atomic mass is 9.74. The van der Waals surface area contributed by atoms with E-state index in [1.165, 1.54) is 6.42 Å². The molecule has 3 fully saturated rings. The van der Waals surface area contributed by atoms with Crippen molar-refractivity contribution in [3.63, 3.8) is 0 Å². The first-order chi connectivity index (χ1) is 8.19. The number of rotatable bonds is 4. The monoisotopic (exact) mass is 239 g/mol. The van der Waals surface area contributed by atoms with E-state index in [0.29, 0.717) is 12.0 Å². The molecule has 2 N–H and O–H groups in total. The van der Waals surface area contributed by atoms with Gasteiger partial charge in [-0.3, -0.25) is 4.79 Å². The summed E-state index contributed by atoms with van der Waals surface area (Å²) in [5.41, 5.74) is 0.0997. The predicted octanol–water partition coefficient (Wildman–Crippen LogP) is 1.54. The van der Waals surface area contributed by atoms with E-state index in [4.69, 9.17) is 4.74 Å². The molecule has 17 heavy (non-hydrogen) atoms. The number of carbonyl (C=O) groups is 1. The second-order valence-electron chi connectivity index (χ2n) is 5.89. The molecule has 3 rings (SSSR count). The van der Waals surface area contributed by atoms with Crippen molar-refractivity contribution in [3.05, 3.63) is 0 Å². The fourth-order valence-electron chi connectivity index (χ4n) is 3.18. The Morgan fingerprint density at radius 2 is 2.12 bits per heavy atom. The molecular weight excluding hydrogens is 218 g/mol. The van der Waals surface area contributed by atoms with E-state index < -0.39 is 5.97 Å². The molecule has 1 heterocycles. The normalized spacial score (nSPS) is 33.1. The average Bonchev–Trinajstić information content (AvgIpc) is 3.07. The van der Waals surface area contributed by atoms with Crippen molar-refractivity contribution in [1.82, 2.24) is 5.32 Å². The minimum absolute atomic E-state index is 0.0997. The maximum absolute atomic E-state index is 11.2. The Bertz CT molecular complexity index is 310. The molecule has 3 aliphatic rings. The third-order valence-electron chi connectivity index (χ3n) is 4.53. The van der Waals surface area contributed by atoms with Crippen LogP contribution in [0.4, 0.5) is 0 Å². The largest absolute Gasteiger partial charge is 0.480 e. The van der Waals surface area contributed by atoms with Gasteiger partial charge in [0.25, 0.3) is 0 Å². The highest BCUT2D eigenvalue weighted by Gasteiger charge is 2.44. The first-order valence-corrected chi connectivity index (χ1v) is 6.81. The lowest BCUT2D eigenvalue weighted by molar-refractivity contribution is -0.146. The summed E-state index contributed by atoms with van der Waals surface area (Å²) in [5, 5.41) is 12.6. The Labute approximate surface area is 102 Å². The zero-order valence-corrected chi connectivity index (χ0v) is 10.2. The Morgan fingerprint density at radius 3 is 2.65 bits per heavy atom. The highest BCUT2D eigenvalue weighted by atomic mass is 16.5. The number of hydrogen-bond acceptors (Lipinski definition) is 3. The SMILES string of the molecule is O=C(O)C(NC1CCOC2(CCC2)C1)C1CC1. The molecule has 2 unspecified atom stereocenters. The molecule has 0 aromatic heterocycles. The van der Waals surface area contributed by atoms with Gasteiger partial charge in [0.05, 0.1) is 5.60 Å². The summed E-state index contributed by atoms with van der Waals surface area (Å²) >= 11 is 0. The maximum Gasteiger partial charge on any atom is 0.320 e. The van der Waals surface area contributed by atoms with Crippen molar-refractivity contribution in [3.8, 4) is 0 Å². The molecule has 0 aromatic rings. The molecule has 2 atom stereocenters. The molecule has 0 radical (unpaired) electrons. The Morgan fingerprint density at radius 1 is 1.35 bits per heavy atom. The second kappa shape index (κ2) is 4.25. The molecule has 0 bridgehead atoms. The predicted molar refractivity (Wildman–Crippen MR) is 62.8 cm³/mol. The Hall–Kier alpha value is -0.610. The third kappa shape index (κ3) is 2.33. The fraction of sp³-hybridized carbons (Fsp3) is 0.923. The lowest BCUT2D eigenvalue weighted by Crippen LogP contribution is -2.54. The second-order valence-corrected chi connectivity index (χ2v) is 5.89. The Balaban J connectivity index is 1.58. The zero-order valence-electron chi connectivity index (χ0n) is 10.2. The molecule has 1 aliphatic heterocycles. The van der Waals surface area contributed by atoms with Gasteiger partial charge in [-0.05, 0) is 50.9 Å². The van der Waals surface area contributed by atoms with Crippen molar-refractivity contribution in [1.29, 1.82) is 0 Å². The summed E-state index contributed by atoms with van der Waals surface area (Å²) in [6, 6.07) is 0.0148. The molecule has 1 spiro atoms. The first-order valence-electron chi connectivity index (χ1n) is 6.81. The number of nitrogens with one attached hydrogen (secondary N) is 1. The number of hydrogen-bond donors (Lipinski definition) is 2. The van der Waals surface area contributed by atoms with Crippen LogP contribution >= 0.6 is 0 Å². The summed E-state index contributed by atoms with van der Waals surface area (Å²) in [6.07, 6.45) is 7.68. The lowest BCUT2D eigenvalue weighted by Gasteiger charge is -2.47. The fourth-order valence-corrected chi connectivity index (χ4v) is 3.18. The minimum Gasteiger partial charge on any atom is -0.480 e. The first kappa shape index (κ1) is 11.5. The van der Waals surface area contributed by atoms with Crippen LogP contribution in [-0.2, 0) is 9.53 Å². The summed E-state index contributed by atoms with van der Waals surface area (Å²) in [4.78, 5) is 11.2. The van der Waals surface area contributed by atoms with Crippen LogP contribution in [0.3, 0.4) is 0 Å². The standard InChI is InChI=1S/C13H21NO3/c15-12(16)11(9-2-3-9)14-10-4-7-17-13(8-10)5-1-6-13/h9-11,14H,1-8H2,(H,15,16). The Kier molecular flexibility index (Phi) is 2.87. The summed E-state index contributed by atoms with van der Waals surface area (Å²) in [7, 11) is 0. The molecule has 96 valence electrons. The topological polar surface area (TPSA) is 58.6 Å². The smallest absolute Gasteiger partial charge is 0.320 e. The van der Waals surface area contributed by atoms with Crippen molar-refractivity contribution < 1.29 is 14.6 Å². The highest BCUT2D eigenvalue weighted by molar-refractivity contribution is 5.74. The highest BCUT2D eigenvalue weighted by Crippen LogP contribution is 2.43. The molecular formula is C13H21NO3. The van der Waals surface area contributed by atoms with Gasteiger partial charge in [0.15, 0.2) is 0 Å². The van der Waals surface area contributed by atoms with Gasteiger partial charge in [-0.15, -0.1) is 0 Å². The number of carboxylic acids is 1. The third-order valence-corrected chi connectivity index (χ3v) is 4.53. The van der Waals surface area contributed by atoms with Crippen molar-refractivity contribution in [2.45, 2.75) is 62.6 Å². The van der Waals surface area contributed by atoms with Gasteiger partial charge < -0.3 is 15.2 Å². The van der Waals surface area contributed by atoms with Crippen molar-refractivity contribution in [2.75, 3.05) is 6.61 Å². The average molecular weight is 239 g/mol.